The van der Waals surface area contributed by atoms with E-state index in [1.165, 1.54) is 21.5 Å². The van der Waals surface area contributed by atoms with Crippen LogP contribution in [-0.2, 0) is 0 Å². The molecule has 4 nitrogen and oxygen atoms in total. The molecule has 0 radical (unpaired) electrons. The molecule has 0 fully saturated rings. The van der Waals surface area contributed by atoms with Crippen LogP contribution in [0.15, 0.2) is 255 Å². The Bertz CT molecular complexity index is 3810. The maximum Gasteiger partial charge on any atom is 0.0703 e. The molecule has 0 atom stereocenters. The summed E-state index contributed by atoms with van der Waals surface area (Å²) in [4.78, 5) is 0. The van der Waals surface area contributed by atoms with Crippen molar-refractivity contribution in [2.24, 2.45) is 0 Å². The molecule has 70 heavy (non-hydrogen) atoms. The first kappa shape index (κ1) is 40.9. The van der Waals surface area contributed by atoms with Crippen LogP contribution in [0.25, 0.3) is 86.9 Å². The number of fused-ring (bicyclic) bond motifs is 6. The molecule has 0 unspecified atom stereocenters. The number of benzene rings is 13. The topological polar surface area (TPSA) is 48.1 Å². The highest BCUT2D eigenvalue weighted by molar-refractivity contribution is 6.24. The molecule has 0 amide bonds. The quantitative estimate of drug-likeness (QED) is 0.103. The second-order valence-corrected chi connectivity index (χ2v) is 17.9. The molecule has 0 aliphatic heterocycles. The number of anilines is 8. The molecule has 0 saturated heterocycles. The second-order valence-electron chi connectivity index (χ2n) is 17.9. The van der Waals surface area contributed by atoms with Crippen molar-refractivity contribution in [1.29, 1.82) is 0 Å². The van der Waals surface area contributed by atoms with Gasteiger partial charge in [0.25, 0.3) is 0 Å². The largest absolute Gasteiger partial charge is 0.353 e. The lowest BCUT2D eigenvalue weighted by Crippen LogP contribution is -2.03. The second kappa shape index (κ2) is 17.4. The fourth-order valence-corrected chi connectivity index (χ4v) is 10.6. The first-order chi connectivity index (χ1) is 34.7. The average Bonchev–Trinajstić information content (AvgIpc) is 3.41. The molecule has 0 spiro atoms. The summed E-state index contributed by atoms with van der Waals surface area (Å²) in [6, 6.07) is 91.4. The predicted octanol–water partition coefficient (Wildman–Crippen LogP) is 18.9. The maximum atomic E-state index is 4.04. The van der Waals surface area contributed by atoms with Crippen LogP contribution in [0.2, 0.25) is 0 Å². The molecule has 0 aliphatic carbocycles. The Balaban J connectivity index is 1.06. The fourth-order valence-electron chi connectivity index (χ4n) is 10.6. The fraction of sp³-hybridized carbons (Fsp3) is 0. The number of nitrogens with one attached hydrogen (secondary N) is 4. The van der Waals surface area contributed by atoms with Crippen LogP contribution in [-0.4, -0.2) is 0 Å². The normalized spacial score (nSPS) is 11.4. The van der Waals surface area contributed by atoms with Gasteiger partial charge in [0.05, 0.1) is 22.7 Å². The van der Waals surface area contributed by atoms with Crippen molar-refractivity contribution in [1.82, 2.24) is 0 Å². The molecule has 330 valence electrons. The van der Waals surface area contributed by atoms with Gasteiger partial charge in [0, 0.05) is 55.4 Å². The van der Waals surface area contributed by atoms with Crippen LogP contribution < -0.4 is 21.3 Å². The van der Waals surface area contributed by atoms with E-state index in [0.29, 0.717) is 0 Å². The molecule has 0 saturated carbocycles. The van der Waals surface area contributed by atoms with Crippen LogP contribution in [0.3, 0.4) is 0 Å². The minimum absolute atomic E-state index is 0.979. The Morgan fingerprint density at radius 3 is 0.714 bits per heavy atom. The predicted molar refractivity (Wildman–Crippen MR) is 301 cm³/mol. The lowest BCUT2D eigenvalue weighted by molar-refractivity contribution is 1.52. The van der Waals surface area contributed by atoms with Gasteiger partial charge < -0.3 is 21.3 Å². The van der Waals surface area contributed by atoms with Crippen LogP contribution in [0, 0.1) is 0 Å². The molecule has 0 bridgehead atoms. The SMILES string of the molecule is c1cc(Nc2cccc3ccccc23)c(Nc2cccc3ccccc23)c(-c2c3ccccc3c(-c3cccc(Nc4cccc5ccccc45)c3Nc3cccc4ccccc34)c3ccccc23)c1. The lowest BCUT2D eigenvalue weighted by Gasteiger charge is -2.25. The summed E-state index contributed by atoms with van der Waals surface area (Å²) < 4.78 is 0. The third kappa shape index (κ3) is 7.18. The van der Waals surface area contributed by atoms with E-state index in [9.17, 15) is 0 Å². The van der Waals surface area contributed by atoms with Gasteiger partial charge in [0.15, 0.2) is 0 Å². The minimum atomic E-state index is 0.979. The van der Waals surface area contributed by atoms with Gasteiger partial charge >= 0.3 is 0 Å². The van der Waals surface area contributed by atoms with E-state index in [1.807, 2.05) is 0 Å². The number of hydrogen-bond acceptors (Lipinski definition) is 4. The summed E-state index contributed by atoms with van der Waals surface area (Å²) in [6.45, 7) is 0. The molecule has 4 N–H and O–H groups in total. The Morgan fingerprint density at radius 2 is 0.400 bits per heavy atom. The zero-order valence-corrected chi connectivity index (χ0v) is 38.2. The van der Waals surface area contributed by atoms with Crippen molar-refractivity contribution >= 4 is 110 Å². The Morgan fingerprint density at radius 1 is 0.171 bits per heavy atom. The standard InChI is InChI=1S/C66H46N4/c1-5-27-47-43(19-1)23-13-37-57(47)67-61-41-17-35-55(65(61)69-59-39-15-25-45-21-3-7-29-49(45)59)63-51-31-9-11-33-53(51)64(54-34-12-10-32-52(54)63)56-36-18-42-62(68-58-38-14-24-44-20-2-6-28-48(44)58)66(56)70-60-40-16-26-46-22-4-8-30-50(46)60/h1-42,67-70H. The molecule has 0 aliphatic rings. The zero-order chi connectivity index (χ0) is 46.4. The molecule has 13 aromatic carbocycles. The van der Waals surface area contributed by atoms with E-state index >= 15 is 0 Å². The van der Waals surface area contributed by atoms with Crippen molar-refractivity contribution in [3.05, 3.63) is 255 Å². The third-order valence-electron chi connectivity index (χ3n) is 13.8. The van der Waals surface area contributed by atoms with Crippen LogP contribution in [0.5, 0.6) is 0 Å². The van der Waals surface area contributed by atoms with Crippen molar-refractivity contribution in [2.45, 2.75) is 0 Å². The maximum absolute atomic E-state index is 4.04. The van der Waals surface area contributed by atoms with E-state index in [0.717, 1.165) is 111 Å². The summed E-state index contributed by atoms with van der Waals surface area (Å²) in [5, 5.41) is 29.9. The van der Waals surface area contributed by atoms with Gasteiger partial charge in [-0.05, 0) is 90.6 Å². The number of hydrogen-bond donors (Lipinski definition) is 4. The molecule has 13 rings (SSSR count). The van der Waals surface area contributed by atoms with E-state index in [-0.39, 0.29) is 0 Å². The van der Waals surface area contributed by atoms with E-state index in [4.69, 9.17) is 0 Å². The van der Waals surface area contributed by atoms with Crippen molar-refractivity contribution in [2.75, 3.05) is 21.3 Å². The highest BCUT2D eigenvalue weighted by atomic mass is 15.0. The molecule has 13 aromatic rings. The van der Waals surface area contributed by atoms with Crippen LogP contribution in [0.1, 0.15) is 0 Å². The van der Waals surface area contributed by atoms with Gasteiger partial charge in [-0.2, -0.15) is 0 Å². The van der Waals surface area contributed by atoms with E-state index in [1.54, 1.807) is 0 Å². The Labute approximate surface area is 406 Å². The summed E-state index contributed by atoms with van der Waals surface area (Å²) in [5.41, 5.74) is 12.6. The highest BCUT2D eigenvalue weighted by Gasteiger charge is 2.23. The van der Waals surface area contributed by atoms with Crippen LogP contribution >= 0.6 is 0 Å². The van der Waals surface area contributed by atoms with Crippen LogP contribution in [0.4, 0.5) is 45.5 Å². The third-order valence-corrected chi connectivity index (χ3v) is 13.8. The Hall–Kier alpha value is -9.38. The first-order valence-corrected chi connectivity index (χ1v) is 23.9. The van der Waals surface area contributed by atoms with Gasteiger partial charge in [-0.25, -0.2) is 0 Å². The molecular weight excluding hydrogens is 849 g/mol. The van der Waals surface area contributed by atoms with Crippen molar-refractivity contribution in [3.8, 4) is 22.3 Å². The van der Waals surface area contributed by atoms with Crippen molar-refractivity contribution in [3.63, 3.8) is 0 Å². The Kier molecular flexibility index (Phi) is 10.1. The van der Waals surface area contributed by atoms with Crippen molar-refractivity contribution < 1.29 is 0 Å². The van der Waals surface area contributed by atoms with Gasteiger partial charge in [0.2, 0.25) is 0 Å². The van der Waals surface area contributed by atoms with E-state index < -0.39 is 0 Å². The van der Waals surface area contributed by atoms with Gasteiger partial charge in [-0.15, -0.1) is 0 Å². The first-order valence-electron chi connectivity index (χ1n) is 23.9. The molecular formula is C66H46N4. The smallest absolute Gasteiger partial charge is 0.0703 e. The summed E-state index contributed by atoms with van der Waals surface area (Å²) >= 11 is 0. The monoisotopic (exact) mass is 894 g/mol. The van der Waals surface area contributed by atoms with E-state index in [2.05, 4.69) is 276 Å². The highest BCUT2D eigenvalue weighted by Crippen LogP contribution is 2.51. The zero-order valence-electron chi connectivity index (χ0n) is 38.2. The number of rotatable bonds is 10. The van der Waals surface area contributed by atoms with Gasteiger partial charge in [-0.3, -0.25) is 0 Å². The summed E-state index contributed by atoms with van der Waals surface area (Å²) in [5.74, 6) is 0. The lowest BCUT2D eigenvalue weighted by atomic mass is 9.84. The molecule has 0 heterocycles. The molecule has 4 heteroatoms. The summed E-state index contributed by atoms with van der Waals surface area (Å²) in [6.07, 6.45) is 0. The number of para-hydroxylation sites is 2. The minimum Gasteiger partial charge on any atom is -0.353 e. The summed E-state index contributed by atoms with van der Waals surface area (Å²) in [7, 11) is 0. The van der Waals surface area contributed by atoms with Gasteiger partial charge in [0.1, 0.15) is 0 Å². The average molecular weight is 895 g/mol. The van der Waals surface area contributed by atoms with Gasteiger partial charge in [-0.1, -0.05) is 218 Å². The molecule has 0 aromatic heterocycles.